The molecule has 0 aromatic heterocycles. The van der Waals surface area contributed by atoms with Crippen LogP contribution >= 0.6 is 0 Å². The summed E-state index contributed by atoms with van der Waals surface area (Å²) >= 11 is 0. The first kappa shape index (κ1) is 14.0. The number of hydrogen-bond donors (Lipinski definition) is 1. The van der Waals surface area contributed by atoms with E-state index in [1.165, 1.54) is 0 Å². The predicted molar refractivity (Wildman–Crippen MR) is 88.1 cm³/mol. The average Bonchev–Trinajstić information content (AvgIpc) is 2.56. The van der Waals surface area contributed by atoms with Crippen molar-refractivity contribution >= 4 is 5.69 Å². The zero-order valence-electron chi connectivity index (χ0n) is 12.1. The van der Waals surface area contributed by atoms with Crippen LogP contribution in [-0.4, -0.2) is 0 Å². The number of anilines is 1. The Hall–Kier alpha value is -2.94. The largest absolute Gasteiger partial charge is 0.489 e. The maximum Gasteiger partial charge on any atom is 0.127 e. The Morgan fingerprint density at radius 3 is 1.95 bits per heavy atom. The number of para-hydroxylation sites is 2. The fraction of sp³-hybridized carbons (Fsp3) is 0.0526. The van der Waals surface area contributed by atoms with Crippen LogP contribution in [0, 0.1) is 0 Å². The van der Waals surface area contributed by atoms with Gasteiger partial charge in [-0.25, -0.2) is 0 Å². The van der Waals surface area contributed by atoms with Gasteiger partial charge in [-0.1, -0.05) is 36.4 Å². The first-order valence-electron chi connectivity index (χ1n) is 7.10. The lowest BCUT2D eigenvalue weighted by atomic mass is 10.2. The number of ether oxygens (including phenoxy) is 2. The van der Waals surface area contributed by atoms with Crippen molar-refractivity contribution in [2.24, 2.45) is 0 Å². The number of nitrogen functional groups attached to an aromatic ring is 1. The van der Waals surface area contributed by atoms with Crippen molar-refractivity contribution in [3.8, 4) is 17.2 Å². The minimum atomic E-state index is 0.450. The molecule has 0 heterocycles. The van der Waals surface area contributed by atoms with Crippen LogP contribution in [0.5, 0.6) is 17.2 Å². The number of benzene rings is 3. The van der Waals surface area contributed by atoms with Gasteiger partial charge in [0.1, 0.15) is 23.9 Å². The molecule has 0 aliphatic carbocycles. The Bertz CT molecular complexity index is 724. The molecule has 2 N–H and O–H groups in total. The topological polar surface area (TPSA) is 44.5 Å². The van der Waals surface area contributed by atoms with E-state index in [4.69, 9.17) is 15.2 Å². The summed E-state index contributed by atoms with van der Waals surface area (Å²) in [6.45, 7) is 0.450. The third-order valence-corrected chi connectivity index (χ3v) is 3.25. The monoisotopic (exact) mass is 291 g/mol. The van der Waals surface area contributed by atoms with Gasteiger partial charge in [0.2, 0.25) is 0 Å². The van der Waals surface area contributed by atoms with Crippen molar-refractivity contribution in [1.82, 2.24) is 0 Å². The molecule has 0 aliphatic rings. The molecule has 0 spiro atoms. The van der Waals surface area contributed by atoms with Crippen molar-refractivity contribution in [3.63, 3.8) is 0 Å². The molecule has 0 saturated carbocycles. The molecule has 0 fully saturated rings. The highest BCUT2D eigenvalue weighted by molar-refractivity contribution is 5.46. The highest BCUT2D eigenvalue weighted by Crippen LogP contribution is 2.24. The maximum absolute atomic E-state index is 5.89. The molecule has 110 valence electrons. The third-order valence-electron chi connectivity index (χ3n) is 3.25. The summed E-state index contributed by atoms with van der Waals surface area (Å²) in [5.41, 5.74) is 7.62. The zero-order chi connectivity index (χ0) is 15.2. The number of nitrogens with two attached hydrogens (primary N) is 1. The zero-order valence-corrected chi connectivity index (χ0v) is 12.1. The summed E-state index contributed by atoms with van der Waals surface area (Å²) < 4.78 is 11.5. The SMILES string of the molecule is Nc1ccccc1COc1ccc(Oc2ccccc2)cc1. The van der Waals surface area contributed by atoms with Crippen LogP contribution in [-0.2, 0) is 6.61 Å². The normalized spacial score (nSPS) is 10.2. The first-order chi connectivity index (χ1) is 10.8. The predicted octanol–water partition coefficient (Wildman–Crippen LogP) is 4.64. The second kappa shape index (κ2) is 6.68. The van der Waals surface area contributed by atoms with Crippen LogP contribution in [0.4, 0.5) is 5.69 Å². The standard InChI is InChI=1S/C19H17NO2/c20-19-9-5-4-6-15(19)14-21-16-10-12-18(13-11-16)22-17-7-2-1-3-8-17/h1-13H,14,20H2. The fourth-order valence-corrected chi connectivity index (χ4v) is 2.06. The van der Waals surface area contributed by atoms with Gasteiger partial charge >= 0.3 is 0 Å². The summed E-state index contributed by atoms with van der Waals surface area (Å²) in [6.07, 6.45) is 0. The van der Waals surface area contributed by atoms with Crippen LogP contribution in [0.3, 0.4) is 0 Å². The van der Waals surface area contributed by atoms with Gasteiger partial charge in [-0.2, -0.15) is 0 Å². The van der Waals surface area contributed by atoms with Gasteiger partial charge in [-0.3, -0.25) is 0 Å². The molecule has 0 saturated heterocycles. The number of hydrogen-bond acceptors (Lipinski definition) is 3. The Morgan fingerprint density at radius 1 is 0.636 bits per heavy atom. The highest BCUT2D eigenvalue weighted by atomic mass is 16.5. The van der Waals surface area contributed by atoms with Crippen molar-refractivity contribution in [3.05, 3.63) is 84.4 Å². The van der Waals surface area contributed by atoms with Crippen LogP contribution in [0.1, 0.15) is 5.56 Å². The third kappa shape index (κ3) is 3.58. The molecule has 0 aliphatic heterocycles. The van der Waals surface area contributed by atoms with Gasteiger partial charge in [-0.15, -0.1) is 0 Å². The van der Waals surface area contributed by atoms with Gasteiger partial charge in [0, 0.05) is 11.3 Å². The molecule has 3 nitrogen and oxygen atoms in total. The Labute approximate surface area is 129 Å². The van der Waals surface area contributed by atoms with E-state index in [1.54, 1.807) is 0 Å². The van der Waals surface area contributed by atoms with Gasteiger partial charge in [0.05, 0.1) is 0 Å². The van der Waals surface area contributed by atoms with Crippen molar-refractivity contribution in [2.75, 3.05) is 5.73 Å². The van der Waals surface area contributed by atoms with E-state index < -0.39 is 0 Å². The average molecular weight is 291 g/mol. The van der Waals surface area contributed by atoms with Crippen molar-refractivity contribution in [2.45, 2.75) is 6.61 Å². The fourth-order valence-electron chi connectivity index (χ4n) is 2.06. The molecule has 22 heavy (non-hydrogen) atoms. The lowest BCUT2D eigenvalue weighted by Crippen LogP contribution is -1.99. The summed E-state index contributed by atoms with van der Waals surface area (Å²) in [5, 5.41) is 0. The second-order valence-corrected chi connectivity index (χ2v) is 4.87. The molecule has 3 rings (SSSR count). The lowest BCUT2D eigenvalue weighted by molar-refractivity contribution is 0.306. The van der Waals surface area contributed by atoms with Crippen LogP contribution in [0.2, 0.25) is 0 Å². The lowest BCUT2D eigenvalue weighted by Gasteiger charge is -2.09. The molecule has 0 radical (unpaired) electrons. The van der Waals surface area contributed by atoms with E-state index in [0.717, 1.165) is 28.5 Å². The Balaban J connectivity index is 1.61. The van der Waals surface area contributed by atoms with Crippen molar-refractivity contribution < 1.29 is 9.47 Å². The van der Waals surface area contributed by atoms with Crippen molar-refractivity contribution in [1.29, 1.82) is 0 Å². The molecular weight excluding hydrogens is 274 g/mol. The summed E-state index contributed by atoms with van der Waals surface area (Å²) in [6, 6.07) is 24.9. The van der Waals surface area contributed by atoms with E-state index >= 15 is 0 Å². The highest BCUT2D eigenvalue weighted by Gasteiger charge is 2.01. The molecule has 0 bridgehead atoms. The second-order valence-electron chi connectivity index (χ2n) is 4.87. The smallest absolute Gasteiger partial charge is 0.127 e. The Kier molecular flexibility index (Phi) is 4.25. The minimum absolute atomic E-state index is 0.450. The maximum atomic E-state index is 5.89. The van der Waals surface area contributed by atoms with Crippen LogP contribution in [0.25, 0.3) is 0 Å². The summed E-state index contributed by atoms with van der Waals surface area (Å²) in [5.74, 6) is 2.37. The van der Waals surface area contributed by atoms with Gasteiger partial charge in [0.25, 0.3) is 0 Å². The minimum Gasteiger partial charge on any atom is -0.489 e. The first-order valence-corrected chi connectivity index (χ1v) is 7.10. The van der Waals surface area contributed by atoms with Gasteiger partial charge in [-0.05, 0) is 42.5 Å². The molecule has 0 amide bonds. The van der Waals surface area contributed by atoms with E-state index in [9.17, 15) is 0 Å². The van der Waals surface area contributed by atoms with Crippen LogP contribution < -0.4 is 15.2 Å². The molecule has 3 heteroatoms. The molecule has 3 aromatic rings. The van der Waals surface area contributed by atoms with E-state index in [2.05, 4.69) is 0 Å². The molecule has 3 aromatic carbocycles. The summed E-state index contributed by atoms with van der Waals surface area (Å²) in [4.78, 5) is 0. The van der Waals surface area contributed by atoms with E-state index in [0.29, 0.717) is 6.61 Å². The van der Waals surface area contributed by atoms with Gasteiger partial charge in [0.15, 0.2) is 0 Å². The van der Waals surface area contributed by atoms with E-state index in [-0.39, 0.29) is 0 Å². The van der Waals surface area contributed by atoms with Crippen LogP contribution in [0.15, 0.2) is 78.9 Å². The molecule has 0 unspecified atom stereocenters. The summed E-state index contributed by atoms with van der Waals surface area (Å²) in [7, 11) is 0. The molecular formula is C19H17NO2. The molecule has 0 atom stereocenters. The Morgan fingerprint density at radius 2 is 1.23 bits per heavy atom. The number of rotatable bonds is 5. The van der Waals surface area contributed by atoms with Gasteiger partial charge < -0.3 is 15.2 Å². The quantitative estimate of drug-likeness (QED) is 0.696. The van der Waals surface area contributed by atoms with E-state index in [1.807, 2.05) is 78.9 Å².